The molecule has 0 unspecified atom stereocenters. The summed E-state index contributed by atoms with van der Waals surface area (Å²) in [7, 11) is 0. The SMILES string of the molecule is Clc1cnc(CSc2ncc[nH]2)cn1. The van der Waals surface area contributed by atoms with Crippen LogP contribution in [0.5, 0.6) is 0 Å². The monoisotopic (exact) mass is 226 g/mol. The summed E-state index contributed by atoms with van der Waals surface area (Å²) in [5.41, 5.74) is 0.885. The number of imidazole rings is 1. The number of nitrogens with zero attached hydrogens (tertiary/aromatic N) is 3. The number of hydrogen-bond acceptors (Lipinski definition) is 4. The van der Waals surface area contributed by atoms with E-state index in [9.17, 15) is 0 Å². The molecule has 0 saturated heterocycles. The van der Waals surface area contributed by atoms with Crippen LogP contribution in [0, 0.1) is 0 Å². The molecule has 14 heavy (non-hydrogen) atoms. The highest BCUT2D eigenvalue weighted by Crippen LogP contribution is 2.17. The molecule has 0 bridgehead atoms. The van der Waals surface area contributed by atoms with Crippen LogP contribution in [-0.2, 0) is 5.75 Å². The molecule has 0 radical (unpaired) electrons. The summed E-state index contributed by atoms with van der Waals surface area (Å²) in [6.07, 6.45) is 6.71. The van der Waals surface area contributed by atoms with Crippen LogP contribution in [0.2, 0.25) is 5.15 Å². The van der Waals surface area contributed by atoms with Gasteiger partial charge >= 0.3 is 0 Å². The summed E-state index contributed by atoms with van der Waals surface area (Å²) >= 11 is 7.19. The maximum Gasteiger partial charge on any atom is 0.165 e. The number of thioether (sulfide) groups is 1. The largest absolute Gasteiger partial charge is 0.340 e. The third-order valence-electron chi connectivity index (χ3n) is 1.50. The average molecular weight is 227 g/mol. The second-order valence-electron chi connectivity index (χ2n) is 2.51. The van der Waals surface area contributed by atoms with Crippen LogP contribution in [0.25, 0.3) is 0 Å². The van der Waals surface area contributed by atoms with E-state index < -0.39 is 0 Å². The van der Waals surface area contributed by atoms with Gasteiger partial charge < -0.3 is 4.98 Å². The normalized spacial score (nSPS) is 10.4. The quantitative estimate of drug-likeness (QED) is 0.815. The summed E-state index contributed by atoms with van der Waals surface area (Å²) in [4.78, 5) is 15.1. The van der Waals surface area contributed by atoms with E-state index in [1.165, 1.54) is 0 Å². The molecule has 0 atom stereocenters. The molecule has 4 nitrogen and oxygen atoms in total. The first-order valence-corrected chi connectivity index (χ1v) is 5.29. The van der Waals surface area contributed by atoms with Crippen LogP contribution < -0.4 is 0 Å². The lowest BCUT2D eigenvalue weighted by molar-refractivity contribution is 1.04. The molecular weight excluding hydrogens is 220 g/mol. The van der Waals surface area contributed by atoms with Crippen molar-refractivity contribution in [1.82, 2.24) is 19.9 Å². The Morgan fingerprint density at radius 3 is 2.86 bits per heavy atom. The molecule has 0 aliphatic carbocycles. The van der Waals surface area contributed by atoms with Crippen molar-refractivity contribution in [3.8, 4) is 0 Å². The van der Waals surface area contributed by atoms with Crippen LogP contribution in [0.3, 0.4) is 0 Å². The van der Waals surface area contributed by atoms with Gasteiger partial charge in [0.2, 0.25) is 0 Å². The average Bonchev–Trinajstić information content (AvgIpc) is 2.70. The number of halogens is 1. The zero-order valence-corrected chi connectivity index (χ0v) is 8.72. The first kappa shape index (κ1) is 9.48. The molecule has 0 amide bonds. The number of nitrogens with one attached hydrogen (secondary N) is 1. The van der Waals surface area contributed by atoms with Gasteiger partial charge in [0.25, 0.3) is 0 Å². The molecule has 0 spiro atoms. The highest BCUT2D eigenvalue weighted by atomic mass is 35.5. The Morgan fingerprint density at radius 1 is 1.29 bits per heavy atom. The van der Waals surface area contributed by atoms with Gasteiger partial charge in [-0.2, -0.15) is 0 Å². The minimum absolute atomic E-state index is 0.414. The van der Waals surface area contributed by atoms with E-state index >= 15 is 0 Å². The van der Waals surface area contributed by atoms with Gasteiger partial charge in [0.05, 0.1) is 18.1 Å². The molecule has 0 fully saturated rings. The van der Waals surface area contributed by atoms with Crippen molar-refractivity contribution >= 4 is 23.4 Å². The Balaban J connectivity index is 1.95. The zero-order valence-electron chi connectivity index (χ0n) is 7.14. The predicted octanol–water partition coefficient (Wildman–Crippen LogP) is 2.15. The maximum atomic E-state index is 5.61. The second kappa shape index (κ2) is 4.43. The molecule has 1 N–H and O–H groups in total. The van der Waals surface area contributed by atoms with Gasteiger partial charge in [-0.25, -0.2) is 9.97 Å². The molecule has 0 aliphatic rings. The van der Waals surface area contributed by atoms with Crippen LogP contribution >= 0.6 is 23.4 Å². The summed E-state index contributed by atoms with van der Waals surface area (Å²) in [6.45, 7) is 0. The number of aromatic nitrogens is 4. The molecule has 2 rings (SSSR count). The van der Waals surface area contributed by atoms with Crippen molar-refractivity contribution in [3.05, 3.63) is 35.6 Å². The van der Waals surface area contributed by atoms with Gasteiger partial charge in [0.15, 0.2) is 5.16 Å². The van der Waals surface area contributed by atoms with Crippen LogP contribution in [0.15, 0.2) is 29.9 Å². The zero-order chi connectivity index (χ0) is 9.80. The molecule has 2 heterocycles. The molecule has 72 valence electrons. The van der Waals surface area contributed by atoms with E-state index in [0.29, 0.717) is 5.15 Å². The summed E-state index contributed by atoms with van der Waals surface area (Å²) in [6, 6.07) is 0. The summed E-state index contributed by atoms with van der Waals surface area (Å²) in [5.74, 6) is 0.734. The van der Waals surface area contributed by atoms with E-state index in [2.05, 4.69) is 19.9 Å². The molecule has 0 saturated carbocycles. The Labute approximate surface area is 90.1 Å². The molecule has 2 aromatic rings. The third-order valence-corrected chi connectivity index (χ3v) is 2.64. The fraction of sp³-hybridized carbons (Fsp3) is 0.125. The van der Waals surface area contributed by atoms with Crippen molar-refractivity contribution in [2.24, 2.45) is 0 Å². The van der Waals surface area contributed by atoms with Gasteiger partial charge in [0, 0.05) is 18.1 Å². The Morgan fingerprint density at radius 2 is 2.21 bits per heavy atom. The third kappa shape index (κ3) is 2.46. The van der Waals surface area contributed by atoms with E-state index in [0.717, 1.165) is 16.6 Å². The van der Waals surface area contributed by atoms with Crippen molar-refractivity contribution in [3.63, 3.8) is 0 Å². The lowest BCUT2D eigenvalue weighted by Gasteiger charge is -1.97. The second-order valence-corrected chi connectivity index (χ2v) is 3.86. The summed E-state index contributed by atoms with van der Waals surface area (Å²) < 4.78 is 0. The van der Waals surface area contributed by atoms with E-state index in [1.807, 2.05) is 0 Å². The van der Waals surface area contributed by atoms with Crippen LogP contribution in [0.4, 0.5) is 0 Å². The number of rotatable bonds is 3. The Hall–Kier alpha value is -1.07. The van der Waals surface area contributed by atoms with Gasteiger partial charge in [0.1, 0.15) is 5.15 Å². The topological polar surface area (TPSA) is 54.5 Å². The Kier molecular flexibility index (Phi) is 3.00. The van der Waals surface area contributed by atoms with Crippen molar-refractivity contribution in [2.75, 3.05) is 0 Å². The highest BCUT2D eigenvalue weighted by molar-refractivity contribution is 7.98. The Bertz CT molecular complexity index is 386. The van der Waals surface area contributed by atoms with Gasteiger partial charge in [-0.05, 0) is 0 Å². The first-order valence-electron chi connectivity index (χ1n) is 3.93. The fourth-order valence-electron chi connectivity index (χ4n) is 0.886. The van der Waals surface area contributed by atoms with Crippen molar-refractivity contribution in [1.29, 1.82) is 0 Å². The number of aromatic amines is 1. The standard InChI is InChI=1S/C8H7ClN4S/c9-7-4-12-6(3-13-7)5-14-8-10-1-2-11-8/h1-4H,5H2,(H,10,11). The summed E-state index contributed by atoms with van der Waals surface area (Å²) in [5, 5.41) is 1.29. The van der Waals surface area contributed by atoms with Gasteiger partial charge in [-0.3, -0.25) is 4.98 Å². The molecule has 0 aliphatic heterocycles. The molecular formula is C8H7ClN4S. The van der Waals surface area contributed by atoms with Gasteiger partial charge in [-0.15, -0.1) is 0 Å². The smallest absolute Gasteiger partial charge is 0.165 e. The van der Waals surface area contributed by atoms with E-state index in [1.54, 1.807) is 36.5 Å². The first-order chi connectivity index (χ1) is 6.84. The lowest BCUT2D eigenvalue weighted by atomic mass is 10.5. The van der Waals surface area contributed by atoms with Crippen molar-refractivity contribution in [2.45, 2.75) is 10.9 Å². The lowest BCUT2D eigenvalue weighted by Crippen LogP contribution is -1.88. The van der Waals surface area contributed by atoms with Crippen LogP contribution in [0.1, 0.15) is 5.69 Å². The predicted molar refractivity (Wildman–Crippen MR) is 55.2 cm³/mol. The molecule has 0 aromatic carbocycles. The van der Waals surface area contributed by atoms with E-state index in [-0.39, 0.29) is 0 Å². The van der Waals surface area contributed by atoms with Crippen molar-refractivity contribution < 1.29 is 0 Å². The maximum absolute atomic E-state index is 5.61. The minimum Gasteiger partial charge on any atom is -0.340 e. The number of hydrogen-bond donors (Lipinski definition) is 1. The molecule has 2 aromatic heterocycles. The van der Waals surface area contributed by atoms with E-state index in [4.69, 9.17) is 11.6 Å². The van der Waals surface area contributed by atoms with Crippen LogP contribution in [-0.4, -0.2) is 19.9 Å². The highest BCUT2D eigenvalue weighted by Gasteiger charge is 1.99. The molecule has 6 heteroatoms. The van der Waals surface area contributed by atoms with Gasteiger partial charge in [-0.1, -0.05) is 23.4 Å². The number of H-pyrrole nitrogens is 1. The fourth-order valence-corrected chi connectivity index (χ4v) is 1.70. The minimum atomic E-state index is 0.414.